The summed E-state index contributed by atoms with van der Waals surface area (Å²) in [5.41, 5.74) is 17.3. The Morgan fingerprint density at radius 1 is 0.500 bits per heavy atom. The first-order valence-electron chi connectivity index (χ1n) is 21.4. The molecule has 0 bridgehead atoms. The van der Waals surface area contributed by atoms with Crippen LogP contribution in [0.1, 0.15) is 74.3 Å². The number of hydrogen-bond donors (Lipinski definition) is 0. The highest BCUT2D eigenvalue weighted by Crippen LogP contribution is 2.50. The lowest BCUT2D eigenvalue weighted by atomic mass is 9.61. The summed E-state index contributed by atoms with van der Waals surface area (Å²) < 4.78 is 6.36. The minimum atomic E-state index is 0.186. The van der Waals surface area contributed by atoms with Crippen LogP contribution in [0.3, 0.4) is 0 Å². The van der Waals surface area contributed by atoms with Gasteiger partial charge in [0, 0.05) is 33.0 Å². The molecule has 2 aromatic heterocycles. The summed E-state index contributed by atoms with van der Waals surface area (Å²) in [6.45, 7) is 9.72. The van der Waals surface area contributed by atoms with Crippen molar-refractivity contribution in [1.82, 2.24) is 15.0 Å². The second-order valence-electron chi connectivity index (χ2n) is 18.2. The number of benzene rings is 7. The number of rotatable bonds is 6. The summed E-state index contributed by atoms with van der Waals surface area (Å²) in [5.74, 6) is 2.35. The third-order valence-corrected chi connectivity index (χ3v) is 13.5. The molecule has 4 heteroatoms. The maximum absolute atomic E-state index is 6.36. The van der Waals surface area contributed by atoms with E-state index in [4.69, 9.17) is 19.4 Å². The van der Waals surface area contributed by atoms with Crippen molar-refractivity contribution >= 4 is 21.9 Å². The summed E-state index contributed by atoms with van der Waals surface area (Å²) >= 11 is 0. The molecule has 2 aliphatic rings. The van der Waals surface area contributed by atoms with Gasteiger partial charge in [-0.05, 0) is 93.0 Å². The van der Waals surface area contributed by atoms with Gasteiger partial charge >= 0.3 is 0 Å². The zero-order valence-electron chi connectivity index (χ0n) is 34.7. The van der Waals surface area contributed by atoms with Crippen molar-refractivity contribution in [2.45, 2.75) is 70.1 Å². The minimum Gasteiger partial charge on any atom is -0.455 e. The van der Waals surface area contributed by atoms with Gasteiger partial charge in [0.1, 0.15) is 11.2 Å². The van der Waals surface area contributed by atoms with Crippen LogP contribution in [0.15, 0.2) is 162 Å². The predicted octanol–water partition coefficient (Wildman–Crippen LogP) is 14.3. The average molecular weight is 778 g/mol. The van der Waals surface area contributed by atoms with Crippen LogP contribution in [0.5, 0.6) is 0 Å². The van der Waals surface area contributed by atoms with E-state index < -0.39 is 0 Å². The lowest BCUT2D eigenvalue weighted by Gasteiger charge is -2.43. The highest BCUT2D eigenvalue weighted by atomic mass is 16.3. The maximum atomic E-state index is 6.36. The monoisotopic (exact) mass is 777 g/mol. The van der Waals surface area contributed by atoms with Crippen molar-refractivity contribution in [2.24, 2.45) is 0 Å². The molecule has 0 fully saturated rings. The zero-order valence-corrected chi connectivity index (χ0v) is 34.7. The van der Waals surface area contributed by atoms with E-state index in [0.717, 1.165) is 62.6 Å². The molecule has 0 amide bonds. The van der Waals surface area contributed by atoms with Crippen molar-refractivity contribution < 1.29 is 4.42 Å². The fraction of sp³-hybridized carbons (Fsp3) is 0.196. The maximum Gasteiger partial charge on any atom is 0.164 e. The molecule has 292 valence electrons. The van der Waals surface area contributed by atoms with E-state index >= 15 is 0 Å². The van der Waals surface area contributed by atoms with Gasteiger partial charge in [-0.3, -0.25) is 0 Å². The molecule has 0 saturated heterocycles. The van der Waals surface area contributed by atoms with Gasteiger partial charge in [-0.1, -0.05) is 179 Å². The number of para-hydroxylation sites is 2. The van der Waals surface area contributed by atoms with Gasteiger partial charge in [0.15, 0.2) is 17.5 Å². The Labute approximate surface area is 352 Å². The van der Waals surface area contributed by atoms with Crippen LogP contribution in [0.25, 0.3) is 78.4 Å². The Hall–Kier alpha value is -6.65. The SMILES string of the molecule is CC1(C)CCC(C)(C)c2cc3c(cc21)CC(Cc1ccc(-c2nc(-c4ccccc4)nc(-c4ccc(-c5cccc6c5oc5ccccc56)cc4)n2)cc1)c1ccccc1-3. The minimum absolute atomic E-state index is 0.186. The summed E-state index contributed by atoms with van der Waals surface area (Å²) in [5, 5.41) is 2.25. The van der Waals surface area contributed by atoms with Crippen LogP contribution >= 0.6 is 0 Å². The van der Waals surface area contributed by atoms with Crippen LogP contribution < -0.4 is 0 Å². The molecule has 60 heavy (non-hydrogen) atoms. The first-order valence-corrected chi connectivity index (χ1v) is 21.4. The molecule has 11 rings (SSSR count). The molecule has 0 spiro atoms. The van der Waals surface area contributed by atoms with Crippen LogP contribution in [0.4, 0.5) is 0 Å². The summed E-state index contributed by atoms with van der Waals surface area (Å²) in [4.78, 5) is 15.2. The molecule has 0 saturated carbocycles. The number of hydrogen-bond acceptors (Lipinski definition) is 4. The number of furan rings is 1. The molecule has 2 aliphatic carbocycles. The highest BCUT2D eigenvalue weighted by Gasteiger charge is 2.39. The lowest BCUT2D eigenvalue weighted by Crippen LogP contribution is -2.34. The summed E-state index contributed by atoms with van der Waals surface area (Å²) in [6, 6.07) is 56.4. The van der Waals surface area contributed by atoms with Crippen molar-refractivity contribution in [3.05, 3.63) is 186 Å². The highest BCUT2D eigenvalue weighted by molar-refractivity contribution is 6.09. The second-order valence-corrected chi connectivity index (χ2v) is 18.2. The van der Waals surface area contributed by atoms with E-state index in [1.54, 1.807) is 5.56 Å². The van der Waals surface area contributed by atoms with Gasteiger partial charge in [0.05, 0.1) is 0 Å². The molecular formula is C56H47N3O. The Balaban J connectivity index is 0.911. The standard InChI is InChI=1S/C56H47N3O/c1-55(2)29-30-56(3,4)49-34-47-41(33-48(49)55)32-40(42-15-8-9-16-44(42)47)31-35-21-23-38(24-22-35)53-57-52(37-13-6-5-7-14-37)58-54(59-53)39-27-25-36(26-28-39)43-18-12-19-46-45-17-10-11-20-50(45)60-51(43)46/h5-28,33-34,40H,29-32H2,1-4H3. The second kappa shape index (κ2) is 14.0. The molecule has 0 aliphatic heterocycles. The first kappa shape index (κ1) is 36.4. The summed E-state index contributed by atoms with van der Waals surface area (Å²) in [7, 11) is 0. The van der Waals surface area contributed by atoms with Crippen molar-refractivity contribution in [3.8, 4) is 56.4 Å². The van der Waals surface area contributed by atoms with E-state index in [0.29, 0.717) is 23.4 Å². The molecule has 4 nitrogen and oxygen atoms in total. The lowest BCUT2D eigenvalue weighted by molar-refractivity contribution is 0.331. The van der Waals surface area contributed by atoms with E-state index in [2.05, 4.69) is 155 Å². The van der Waals surface area contributed by atoms with Crippen LogP contribution in [-0.2, 0) is 23.7 Å². The molecule has 2 heterocycles. The van der Waals surface area contributed by atoms with E-state index in [9.17, 15) is 0 Å². The first-order chi connectivity index (χ1) is 29.2. The molecule has 0 radical (unpaired) electrons. The Kier molecular flexibility index (Phi) is 8.49. The molecule has 1 atom stereocenters. The predicted molar refractivity (Wildman–Crippen MR) is 246 cm³/mol. The average Bonchev–Trinajstić information content (AvgIpc) is 3.67. The topological polar surface area (TPSA) is 51.8 Å². The normalized spacial score (nSPS) is 16.3. The third-order valence-electron chi connectivity index (χ3n) is 13.5. The van der Waals surface area contributed by atoms with E-state index in [1.807, 2.05) is 30.3 Å². The Bertz CT molecular complexity index is 3080. The van der Waals surface area contributed by atoms with Gasteiger partial charge in [-0.15, -0.1) is 0 Å². The number of fused-ring (bicyclic) bond motifs is 7. The molecule has 7 aromatic carbocycles. The van der Waals surface area contributed by atoms with E-state index in [-0.39, 0.29) is 10.8 Å². The van der Waals surface area contributed by atoms with Gasteiger partial charge in [0.25, 0.3) is 0 Å². The molecule has 0 N–H and O–H groups in total. The van der Waals surface area contributed by atoms with Gasteiger partial charge < -0.3 is 4.42 Å². The Morgan fingerprint density at radius 2 is 1.05 bits per heavy atom. The van der Waals surface area contributed by atoms with Crippen LogP contribution in [0, 0.1) is 0 Å². The molecule has 1 unspecified atom stereocenters. The van der Waals surface area contributed by atoms with Crippen LogP contribution in [0.2, 0.25) is 0 Å². The van der Waals surface area contributed by atoms with Crippen LogP contribution in [-0.4, -0.2) is 15.0 Å². The zero-order chi connectivity index (χ0) is 40.6. The van der Waals surface area contributed by atoms with E-state index in [1.165, 1.54) is 46.2 Å². The van der Waals surface area contributed by atoms with Gasteiger partial charge in [-0.25, -0.2) is 15.0 Å². The van der Waals surface area contributed by atoms with Gasteiger partial charge in [0.2, 0.25) is 0 Å². The molecular weight excluding hydrogens is 731 g/mol. The largest absolute Gasteiger partial charge is 0.455 e. The van der Waals surface area contributed by atoms with Crippen molar-refractivity contribution in [1.29, 1.82) is 0 Å². The number of nitrogens with zero attached hydrogens (tertiary/aromatic N) is 3. The fourth-order valence-corrected chi connectivity index (χ4v) is 9.93. The fourth-order valence-electron chi connectivity index (χ4n) is 9.93. The third kappa shape index (κ3) is 6.25. The van der Waals surface area contributed by atoms with Gasteiger partial charge in [-0.2, -0.15) is 0 Å². The smallest absolute Gasteiger partial charge is 0.164 e. The van der Waals surface area contributed by atoms with Crippen molar-refractivity contribution in [2.75, 3.05) is 0 Å². The van der Waals surface area contributed by atoms with Crippen molar-refractivity contribution in [3.63, 3.8) is 0 Å². The summed E-state index contributed by atoms with van der Waals surface area (Å²) in [6.07, 6.45) is 4.46. The molecule has 9 aromatic rings. The number of aromatic nitrogens is 3. The Morgan fingerprint density at radius 3 is 1.77 bits per heavy atom. The quantitative estimate of drug-likeness (QED) is 0.169.